The third-order valence-electron chi connectivity index (χ3n) is 9.45. The van der Waals surface area contributed by atoms with Gasteiger partial charge in [0.2, 0.25) is 0 Å². The molecule has 0 bridgehead atoms. The van der Waals surface area contributed by atoms with Gasteiger partial charge in [0.05, 0.1) is 22.9 Å². The molecule has 0 spiro atoms. The molecule has 0 atom stereocenters. The molecular formula is C49H36N2O. The minimum Gasteiger partial charge on any atom is -0.455 e. The summed E-state index contributed by atoms with van der Waals surface area (Å²) in [6, 6.07) is 49.2. The van der Waals surface area contributed by atoms with Crippen LogP contribution in [0, 0.1) is 0 Å². The summed E-state index contributed by atoms with van der Waals surface area (Å²) in [5.74, 6) is 0. The van der Waals surface area contributed by atoms with Gasteiger partial charge in [0.25, 0.3) is 0 Å². The Hall–Kier alpha value is -6.84. The Morgan fingerprint density at radius 3 is 1.69 bits per heavy atom. The van der Waals surface area contributed by atoms with Crippen LogP contribution in [-0.2, 0) is 0 Å². The average molecular weight is 669 g/mol. The molecule has 52 heavy (non-hydrogen) atoms. The van der Waals surface area contributed by atoms with Crippen LogP contribution in [0.2, 0.25) is 0 Å². The topological polar surface area (TPSA) is 38.9 Å². The van der Waals surface area contributed by atoms with Crippen LogP contribution in [0.5, 0.6) is 0 Å². The summed E-state index contributed by atoms with van der Waals surface area (Å²) in [4.78, 5) is 10.4. The second-order valence-electron chi connectivity index (χ2n) is 12.6. The fourth-order valence-electron chi connectivity index (χ4n) is 7.30. The number of hydrogen-bond donors (Lipinski definition) is 0. The summed E-state index contributed by atoms with van der Waals surface area (Å²) in [7, 11) is 0. The van der Waals surface area contributed by atoms with Crippen molar-refractivity contribution in [3.05, 3.63) is 184 Å². The molecule has 2 aromatic heterocycles. The van der Waals surface area contributed by atoms with E-state index in [2.05, 4.69) is 153 Å². The van der Waals surface area contributed by atoms with E-state index >= 15 is 0 Å². The molecule has 0 fully saturated rings. The fraction of sp³-hybridized carbons (Fsp3) is 0.0204. The largest absolute Gasteiger partial charge is 0.455 e. The summed E-state index contributed by atoms with van der Waals surface area (Å²) < 4.78 is 6.61. The molecule has 0 aliphatic carbocycles. The Bertz CT molecular complexity index is 2940. The Kier molecular flexibility index (Phi) is 8.60. The zero-order valence-corrected chi connectivity index (χ0v) is 29.0. The van der Waals surface area contributed by atoms with E-state index in [4.69, 9.17) is 14.4 Å². The first-order valence-electron chi connectivity index (χ1n) is 17.4. The summed E-state index contributed by atoms with van der Waals surface area (Å²) in [6.45, 7) is 12.0. The molecule has 0 radical (unpaired) electrons. The Balaban J connectivity index is 0.000000512. The van der Waals surface area contributed by atoms with Gasteiger partial charge >= 0.3 is 0 Å². The predicted octanol–water partition coefficient (Wildman–Crippen LogP) is 14.0. The fourth-order valence-corrected chi connectivity index (χ4v) is 7.30. The molecule has 0 saturated heterocycles. The van der Waals surface area contributed by atoms with Crippen molar-refractivity contribution in [1.82, 2.24) is 9.97 Å². The van der Waals surface area contributed by atoms with Crippen LogP contribution >= 0.6 is 0 Å². The molecule has 10 aromatic rings. The maximum Gasteiger partial charge on any atom is 0.143 e. The molecule has 0 amide bonds. The second-order valence-corrected chi connectivity index (χ2v) is 12.6. The summed E-state index contributed by atoms with van der Waals surface area (Å²) in [5.41, 5.74) is 7.81. The van der Waals surface area contributed by atoms with Crippen LogP contribution in [0.1, 0.15) is 6.92 Å². The van der Waals surface area contributed by atoms with E-state index < -0.39 is 0 Å². The molecule has 248 valence electrons. The zero-order chi connectivity index (χ0) is 35.6. The van der Waals surface area contributed by atoms with Crippen molar-refractivity contribution < 1.29 is 4.42 Å². The van der Waals surface area contributed by atoms with Gasteiger partial charge in [-0.1, -0.05) is 159 Å². The van der Waals surface area contributed by atoms with E-state index in [0.717, 1.165) is 76.9 Å². The van der Waals surface area contributed by atoms with Gasteiger partial charge in [-0.05, 0) is 56.9 Å². The van der Waals surface area contributed by atoms with E-state index in [1.54, 1.807) is 18.2 Å². The molecule has 0 unspecified atom stereocenters. The van der Waals surface area contributed by atoms with E-state index in [9.17, 15) is 0 Å². The van der Waals surface area contributed by atoms with Crippen molar-refractivity contribution in [2.45, 2.75) is 6.92 Å². The highest BCUT2D eigenvalue weighted by molar-refractivity contribution is 6.25. The number of allylic oxidation sites excluding steroid dienone is 3. The SMILES string of the molecule is C=CC.C=CC=C.c1ccc2c(c1)cc(-c1cccc3c(-c4cnc5c6ccccc6c6ccccc6c5n4)cccc13)c1oc3ccccc3c12. The third kappa shape index (κ3) is 5.40. The van der Waals surface area contributed by atoms with Gasteiger partial charge in [0, 0.05) is 32.7 Å². The van der Waals surface area contributed by atoms with Crippen molar-refractivity contribution in [2.75, 3.05) is 0 Å². The molecule has 0 N–H and O–H groups in total. The lowest BCUT2D eigenvalue weighted by atomic mass is 9.91. The molecule has 0 saturated carbocycles. The lowest BCUT2D eigenvalue weighted by Crippen LogP contribution is -1.93. The first kappa shape index (κ1) is 32.4. The lowest BCUT2D eigenvalue weighted by molar-refractivity contribution is 0.670. The van der Waals surface area contributed by atoms with Crippen molar-refractivity contribution in [3.8, 4) is 22.4 Å². The van der Waals surface area contributed by atoms with Crippen molar-refractivity contribution in [2.24, 2.45) is 0 Å². The molecule has 10 rings (SSSR count). The highest BCUT2D eigenvalue weighted by Gasteiger charge is 2.19. The minimum absolute atomic E-state index is 0.859. The summed E-state index contributed by atoms with van der Waals surface area (Å²) in [6.07, 6.45) is 6.96. The molecule has 0 aliphatic rings. The van der Waals surface area contributed by atoms with Gasteiger partial charge in [0.1, 0.15) is 11.2 Å². The van der Waals surface area contributed by atoms with Crippen molar-refractivity contribution in [1.29, 1.82) is 0 Å². The molecule has 2 heterocycles. The van der Waals surface area contributed by atoms with E-state index in [-0.39, 0.29) is 0 Å². The van der Waals surface area contributed by atoms with Crippen molar-refractivity contribution in [3.63, 3.8) is 0 Å². The zero-order valence-electron chi connectivity index (χ0n) is 29.0. The van der Waals surface area contributed by atoms with Gasteiger partial charge in [0.15, 0.2) is 0 Å². The third-order valence-corrected chi connectivity index (χ3v) is 9.45. The van der Waals surface area contributed by atoms with Crippen LogP contribution < -0.4 is 0 Å². The van der Waals surface area contributed by atoms with Crippen LogP contribution in [0.3, 0.4) is 0 Å². The maximum absolute atomic E-state index is 6.61. The van der Waals surface area contributed by atoms with Gasteiger partial charge in [-0.25, -0.2) is 4.98 Å². The quantitative estimate of drug-likeness (QED) is 0.107. The van der Waals surface area contributed by atoms with E-state index in [1.807, 2.05) is 19.2 Å². The molecule has 3 heteroatoms. The highest BCUT2D eigenvalue weighted by Crippen LogP contribution is 2.44. The minimum atomic E-state index is 0.859. The smallest absolute Gasteiger partial charge is 0.143 e. The predicted molar refractivity (Wildman–Crippen MR) is 224 cm³/mol. The van der Waals surface area contributed by atoms with Crippen LogP contribution in [0.25, 0.3) is 98.4 Å². The average Bonchev–Trinajstić information content (AvgIpc) is 3.61. The normalized spacial score (nSPS) is 11.0. The molecule has 0 aliphatic heterocycles. The number of para-hydroxylation sites is 1. The molecular weight excluding hydrogens is 633 g/mol. The van der Waals surface area contributed by atoms with Gasteiger partial charge in [-0.15, -0.1) is 6.58 Å². The van der Waals surface area contributed by atoms with Gasteiger partial charge in [-0.3, -0.25) is 4.98 Å². The van der Waals surface area contributed by atoms with Crippen LogP contribution in [-0.4, -0.2) is 9.97 Å². The van der Waals surface area contributed by atoms with Crippen molar-refractivity contribution >= 4 is 76.1 Å². The summed E-state index contributed by atoms with van der Waals surface area (Å²) in [5, 5.41) is 11.6. The van der Waals surface area contributed by atoms with Crippen LogP contribution in [0.15, 0.2) is 188 Å². The number of fused-ring (bicyclic) bond motifs is 12. The van der Waals surface area contributed by atoms with Gasteiger partial charge < -0.3 is 4.42 Å². The molecule has 8 aromatic carbocycles. The van der Waals surface area contributed by atoms with Gasteiger partial charge in [-0.2, -0.15) is 0 Å². The number of aromatic nitrogens is 2. The monoisotopic (exact) mass is 668 g/mol. The standard InChI is InChI=1S/C42H24N2O.C4H6.C3H6/c1-2-12-26-25(11-1)23-36(42-39(26)35-17-7-8-22-38(35)45-42)31-20-9-19-28-27(31)18-10-21-32(28)37-24-43-40-33-15-5-3-13-29(33)30-14-4-6-16-34(30)41(40)44-37;1-3-4-2;1-3-2/h1-24H;3-4H,1-2H2;3H,1H2,2H3. The number of rotatable bonds is 3. The molecule has 3 nitrogen and oxygen atoms in total. The van der Waals surface area contributed by atoms with E-state index in [0.29, 0.717) is 0 Å². The Labute approximate surface area is 302 Å². The first-order valence-corrected chi connectivity index (χ1v) is 17.4. The number of hydrogen-bond acceptors (Lipinski definition) is 3. The highest BCUT2D eigenvalue weighted by atomic mass is 16.3. The lowest BCUT2D eigenvalue weighted by Gasteiger charge is -2.14. The van der Waals surface area contributed by atoms with Crippen LogP contribution in [0.4, 0.5) is 0 Å². The summed E-state index contributed by atoms with van der Waals surface area (Å²) >= 11 is 0. The number of benzene rings is 8. The first-order chi connectivity index (χ1) is 25.7. The maximum atomic E-state index is 6.61. The number of furan rings is 1. The number of nitrogens with zero attached hydrogens (tertiary/aromatic N) is 2. The Morgan fingerprint density at radius 2 is 1.02 bits per heavy atom. The Morgan fingerprint density at radius 1 is 0.500 bits per heavy atom. The van der Waals surface area contributed by atoms with E-state index in [1.165, 1.54) is 21.5 Å². The second kappa shape index (κ2) is 13.8.